The molecule has 1 aliphatic rings. The largest absolute Gasteiger partial charge is 0.493 e. The summed E-state index contributed by atoms with van der Waals surface area (Å²) in [6.45, 7) is 5.25. The molecule has 0 saturated carbocycles. The fourth-order valence-corrected chi connectivity index (χ4v) is 3.80. The van der Waals surface area contributed by atoms with Gasteiger partial charge in [0.05, 0.1) is 32.6 Å². The van der Waals surface area contributed by atoms with Crippen molar-refractivity contribution in [2.24, 2.45) is 0 Å². The van der Waals surface area contributed by atoms with Crippen molar-refractivity contribution in [1.29, 1.82) is 0 Å². The third kappa shape index (κ3) is 5.01. The summed E-state index contributed by atoms with van der Waals surface area (Å²) in [7, 11) is 4.86. The number of piperazine rings is 1. The molecule has 1 aromatic carbocycles. The standard InChI is InChI=1S/C22H29N3O5/c1-28-19-7-6-16(20(29-2)21(19)30-3)15-25-13-11-24(12-14-25)10-8-18-17(22(26)27)5-4-9-23-18/h4-7,9H,8,10-15H2,1-3H3,(H,26,27). The lowest BCUT2D eigenvalue weighted by atomic mass is 10.1. The maximum Gasteiger partial charge on any atom is 0.337 e. The van der Waals surface area contributed by atoms with E-state index in [1.54, 1.807) is 39.7 Å². The topological polar surface area (TPSA) is 84.4 Å². The Hall–Kier alpha value is -2.84. The molecule has 1 aliphatic heterocycles. The zero-order valence-electron chi connectivity index (χ0n) is 17.8. The predicted octanol–water partition coefficient (Wildman–Crippen LogP) is 2.17. The molecule has 2 heterocycles. The zero-order valence-corrected chi connectivity index (χ0v) is 17.8. The molecule has 0 bridgehead atoms. The molecule has 8 nitrogen and oxygen atoms in total. The van der Waals surface area contributed by atoms with Gasteiger partial charge < -0.3 is 24.2 Å². The molecule has 1 fully saturated rings. The van der Waals surface area contributed by atoms with Crippen LogP contribution < -0.4 is 14.2 Å². The van der Waals surface area contributed by atoms with Crippen LogP contribution in [0, 0.1) is 0 Å². The normalized spacial score (nSPS) is 15.0. The van der Waals surface area contributed by atoms with Crippen molar-refractivity contribution in [2.75, 3.05) is 54.1 Å². The van der Waals surface area contributed by atoms with Crippen molar-refractivity contribution in [3.05, 3.63) is 47.3 Å². The van der Waals surface area contributed by atoms with Crippen molar-refractivity contribution >= 4 is 5.97 Å². The number of nitrogens with zero attached hydrogens (tertiary/aromatic N) is 3. The lowest BCUT2D eigenvalue weighted by molar-refractivity contribution is 0.0694. The quantitative estimate of drug-likeness (QED) is 0.667. The summed E-state index contributed by atoms with van der Waals surface area (Å²) < 4.78 is 16.4. The Labute approximate surface area is 177 Å². The number of ether oxygens (including phenoxy) is 3. The first-order chi connectivity index (χ1) is 14.6. The van der Waals surface area contributed by atoms with Gasteiger partial charge in [-0.15, -0.1) is 0 Å². The smallest absolute Gasteiger partial charge is 0.337 e. The molecule has 0 atom stereocenters. The second-order valence-corrected chi connectivity index (χ2v) is 7.16. The number of carboxylic acids is 1. The summed E-state index contributed by atoms with van der Waals surface area (Å²) in [6, 6.07) is 7.19. The fourth-order valence-electron chi connectivity index (χ4n) is 3.80. The average Bonchev–Trinajstić information content (AvgIpc) is 2.78. The van der Waals surface area contributed by atoms with E-state index in [-0.39, 0.29) is 5.56 Å². The number of benzene rings is 1. The Bertz CT molecular complexity index is 866. The molecule has 30 heavy (non-hydrogen) atoms. The van der Waals surface area contributed by atoms with Crippen molar-refractivity contribution < 1.29 is 24.1 Å². The zero-order chi connectivity index (χ0) is 21.5. The van der Waals surface area contributed by atoms with Gasteiger partial charge in [0.2, 0.25) is 5.75 Å². The van der Waals surface area contributed by atoms with E-state index in [2.05, 4.69) is 14.8 Å². The van der Waals surface area contributed by atoms with Gasteiger partial charge in [-0.05, 0) is 18.2 Å². The van der Waals surface area contributed by atoms with Gasteiger partial charge in [0.1, 0.15) is 0 Å². The van der Waals surface area contributed by atoms with Crippen molar-refractivity contribution in [3.63, 3.8) is 0 Å². The molecule has 2 aromatic rings. The third-order valence-corrected chi connectivity index (χ3v) is 5.43. The van der Waals surface area contributed by atoms with Gasteiger partial charge in [0.15, 0.2) is 11.5 Å². The van der Waals surface area contributed by atoms with E-state index < -0.39 is 5.97 Å². The van der Waals surface area contributed by atoms with Gasteiger partial charge in [-0.25, -0.2) is 4.79 Å². The fraction of sp³-hybridized carbons (Fsp3) is 0.455. The molecule has 0 amide bonds. The summed E-state index contributed by atoms with van der Waals surface area (Å²) in [5.41, 5.74) is 1.99. The molecule has 8 heteroatoms. The van der Waals surface area contributed by atoms with E-state index in [1.807, 2.05) is 12.1 Å². The molecule has 0 unspecified atom stereocenters. The maximum atomic E-state index is 11.3. The van der Waals surface area contributed by atoms with Crippen LogP contribution >= 0.6 is 0 Å². The molecular weight excluding hydrogens is 386 g/mol. The highest BCUT2D eigenvalue weighted by atomic mass is 16.5. The molecule has 162 valence electrons. The number of hydrogen-bond acceptors (Lipinski definition) is 7. The summed E-state index contributed by atoms with van der Waals surface area (Å²) in [4.78, 5) is 20.3. The highest BCUT2D eigenvalue weighted by Gasteiger charge is 2.21. The number of aromatic nitrogens is 1. The van der Waals surface area contributed by atoms with Crippen molar-refractivity contribution in [1.82, 2.24) is 14.8 Å². The number of pyridine rings is 1. The molecule has 1 aromatic heterocycles. The Kier molecular flexibility index (Phi) is 7.48. The molecule has 1 N–H and O–H groups in total. The van der Waals surface area contributed by atoms with Crippen LogP contribution in [0.2, 0.25) is 0 Å². The van der Waals surface area contributed by atoms with Crippen molar-refractivity contribution in [2.45, 2.75) is 13.0 Å². The number of hydrogen-bond donors (Lipinski definition) is 1. The lowest BCUT2D eigenvalue weighted by Crippen LogP contribution is -2.46. The molecule has 3 rings (SSSR count). The minimum Gasteiger partial charge on any atom is -0.493 e. The molecular formula is C22H29N3O5. The van der Waals surface area contributed by atoms with Gasteiger partial charge in [-0.3, -0.25) is 9.88 Å². The Morgan fingerprint density at radius 3 is 2.33 bits per heavy atom. The van der Waals surface area contributed by atoms with Gasteiger partial charge in [-0.1, -0.05) is 6.07 Å². The number of methoxy groups -OCH3 is 3. The SMILES string of the molecule is COc1ccc(CN2CCN(CCc3ncccc3C(=O)O)CC2)c(OC)c1OC. The minimum atomic E-state index is -0.924. The molecule has 1 saturated heterocycles. The number of rotatable bonds is 9. The number of carbonyl (C=O) groups is 1. The van der Waals surface area contributed by atoms with E-state index in [0.29, 0.717) is 29.4 Å². The summed E-state index contributed by atoms with van der Waals surface area (Å²) >= 11 is 0. The predicted molar refractivity (Wildman–Crippen MR) is 113 cm³/mol. The highest BCUT2D eigenvalue weighted by Crippen LogP contribution is 2.40. The molecule has 0 aliphatic carbocycles. The van der Waals surface area contributed by atoms with E-state index in [9.17, 15) is 9.90 Å². The third-order valence-electron chi connectivity index (χ3n) is 5.43. The summed E-state index contributed by atoms with van der Waals surface area (Å²) in [5.74, 6) is 1.04. The molecule has 0 spiro atoms. The minimum absolute atomic E-state index is 0.289. The number of carboxylic acid groups (broad SMARTS) is 1. The summed E-state index contributed by atoms with van der Waals surface area (Å²) in [5, 5.41) is 9.30. The van der Waals surface area contributed by atoms with E-state index in [4.69, 9.17) is 14.2 Å². The summed E-state index contributed by atoms with van der Waals surface area (Å²) in [6.07, 6.45) is 2.28. The van der Waals surface area contributed by atoms with Crippen LogP contribution in [0.4, 0.5) is 0 Å². The van der Waals surface area contributed by atoms with Gasteiger partial charge in [-0.2, -0.15) is 0 Å². The first kappa shape index (κ1) is 21.9. The monoisotopic (exact) mass is 415 g/mol. The van der Waals surface area contributed by atoms with E-state index in [1.165, 1.54) is 0 Å². The van der Waals surface area contributed by atoms with E-state index in [0.717, 1.165) is 44.8 Å². The van der Waals surface area contributed by atoms with Crippen LogP contribution in [0.3, 0.4) is 0 Å². The van der Waals surface area contributed by atoms with Gasteiger partial charge in [0.25, 0.3) is 0 Å². The van der Waals surface area contributed by atoms with Crippen LogP contribution in [0.25, 0.3) is 0 Å². The number of aromatic carboxylic acids is 1. The average molecular weight is 415 g/mol. The van der Waals surface area contributed by atoms with E-state index >= 15 is 0 Å². The van der Waals surface area contributed by atoms with Crippen LogP contribution in [-0.2, 0) is 13.0 Å². The second-order valence-electron chi connectivity index (χ2n) is 7.16. The highest BCUT2D eigenvalue weighted by molar-refractivity contribution is 5.88. The van der Waals surface area contributed by atoms with Crippen LogP contribution in [-0.4, -0.2) is 79.9 Å². The van der Waals surface area contributed by atoms with Crippen LogP contribution in [0.5, 0.6) is 17.2 Å². The van der Waals surface area contributed by atoms with Crippen LogP contribution in [0.15, 0.2) is 30.5 Å². The van der Waals surface area contributed by atoms with Crippen LogP contribution in [0.1, 0.15) is 21.6 Å². The Morgan fingerprint density at radius 1 is 1.00 bits per heavy atom. The van der Waals surface area contributed by atoms with Gasteiger partial charge >= 0.3 is 5.97 Å². The molecule has 0 radical (unpaired) electrons. The first-order valence-electron chi connectivity index (χ1n) is 9.97. The Balaban J connectivity index is 1.56. The second kappa shape index (κ2) is 10.3. The van der Waals surface area contributed by atoms with Crippen molar-refractivity contribution in [3.8, 4) is 17.2 Å². The lowest BCUT2D eigenvalue weighted by Gasteiger charge is -2.35. The Morgan fingerprint density at radius 2 is 1.70 bits per heavy atom. The van der Waals surface area contributed by atoms with Gasteiger partial charge in [0, 0.05) is 57.4 Å². The maximum absolute atomic E-state index is 11.3. The first-order valence-corrected chi connectivity index (χ1v) is 9.97.